The first kappa shape index (κ1) is 20.1. The van der Waals surface area contributed by atoms with Crippen molar-refractivity contribution in [3.63, 3.8) is 0 Å². The van der Waals surface area contributed by atoms with Gasteiger partial charge in [-0.25, -0.2) is 15.0 Å². The van der Waals surface area contributed by atoms with E-state index in [1.165, 1.54) is 11.3 Å². The van der Waals surface area contributed by atoms with Gasteiger partial charge in [-0.15, -0.1) is 11.3 Å². The number of furan rings is 1. The average molecular weight is 444 g/mol. The van der Waals surface area contributed by atoms with E-state index in [0.717, 1.165) is 32.7 Å². The van der Waals surface area contributed by atoms with Crippen LogP contribution in [0, 0.1) is 13.8 Å². The summed E-state index contributed by atoms with van der Waals surface area (Å²) in [5.74, 6) is 1.02. The zero-order valence-electron chi connectivity index (χ0n) is 17.9. The molecule has 1 aromatic carbocycles. The molecular formula is C24H21N5O2S. The van der Waals surface area contributed by atoms with Crippen molar-refractivity contribution in [1.82, 2.24) is 24.8 Å². The molecule has 4 heterocycles. The van der Waals surface area contributed by atoms with Gasteiger partial charge in [-0.1, -0.05) is 12.1 Å². The number of rotatable bonds is 5. The molecule has 0 aliphatic rings. The number of carbonyl (C=O) groups excluding carboxylic acids is 1. The molecule has 4 aromatic heterocycles. The summed E-state index contributed by atoms with van der Waals surface area (Å²) in [6.07, 6.45) is 6.99. The molecule has 5 aromatic rings. The largest absolute Gasteiger partial charge is 0.461 e. The standard InChI is InChI=1S/C24H21N5O2S/c1-14-20-16(3)26-22(19-5-4-12-31-19)28-24(20)32-21(14)23(30)27-15(2)17-6-8-18(9-7-17)29-11-10-25-13-29/h4-13,15H,1-3H3,(H,27,30). The Bertz CT molecular complexity index is 1390. The average Bonchev–Trinajstić information content (AvgIpc) is 3.55. The molecule has 160 valence electrons. The summed E-state index contributed by atoms with van der Waals surface area (Å²) in [5, 5.41) is 4.04. The maximum Gasteiger partial charge on any atom is 0.262 e. The number of aromatic nitrogens is 4. The predicted octanol–water partition coefficient (Wildman–Crippen LogP) is 5.24. The third kappa shape index (κ3) is 3.58. The van der Waals surface area contributed by atoms with Gasteiger partial charge in [0.1, 0.15) is 4.83 Å². The first-order valence-electron chi connectivity index (χ1n) is 10.2. The Morgan fingerprint density at radius 1 is 1.16 bits per heavy atom. The number of hydrogen-bond acceptors (Lipinski definition) is 6. The molecule has 1 atom stereocenters. The minimum Gasteiger partial charge on any atom is -0.461 e. The Balaban J connectivity index is 1.39. The minimum absolute atomic E-state index is 0.115. The van der Waals surface area contributed by atoms with E-state index in [1.54, 1.807) is 24.9 Å². The number of fused-ring (bicyclic) bond motifs is 1. The van der Waals surface area contributed by atoms with E-state index >= 15 is 0 Å². The van der Waals surface area contributed by atoms with Crippen molar-refractivity contribution in [1.29, 1.82) is 0 Å². The Kier molecular flexibility index (Phi) is 5.07. The van der Waals surface area contributed by atoms with E-state index in [2.05, 4.69) is 20.3 Å². The van der Waals surface area contributed by atoms with Crippen LogP contribution in [-0.2, 0) is 0 Å². The van der Waals surface area contributed by atoms with Crippen LogP contribution in [0.4, 0.5) is 0 Å². The molecule has 0 spiro atoms. The molecule has 32 heavy (non-hydrogen) atoms. The summed E-state index contributed by atoms with van der Waals surface area (Å²) in [6.45, 7) is 5.86. The van der Waals surface area contributed by atoms with E-state index in [9.17, 15) is 4.79 Å². The van der Waals surface area contributed by atoms with Crippen LogP contribution in [0.1, 0.15) is 39.5 Å². The number of benzene rings is 1. The van der Waals surface area contributed by atoms with Gasteiger partial charge in [0.05, 0.1) is 29.2 Å². The van der Waals surface area contributed by atoms with Crippen molar-refractivity contribution in [2.45, 2.75) is 26.8 Å². The quantitative estimate of drug-likeness (QED) is 0.401. The second kappa shape index (κ2) is 8.05. The zero-order chi connectivity index (χ0) is 22.2. The van der Waals surface area contributed by atoms with Crippen LogP contribution >= 0.6 is 11.3 Å². The van der Waals surface area contributed by atoms with Crippen LogP contribution in [0.25, 0.3) is 27.5 Å². The lowest BCUT2D eigenvalue weighted by Crippen LogP contribution is -2.26. The third-order valence-electron chi connectivity index (χ3n) is 5.46. The molecule has 7 nitrogen and oxygen atoms in total. The lowest BCUT2D eigenvalue weighted by atomic mass is 10.1. The number of nitrogens with zero attached hydrogens (tertiary/aromatic N) is 4. The van der Waals surface area contributed by atoms with Gasteiger partial charge in [0.2, 0.25) is 0 Å². The fourth-order valence-corrected chi connectivity index (χ4v) is 4.90. The summed E-state index contributed by atoms with van der Waals surface area (Å²) >= 11 is 1.38. The number of amides is 1. The topological polar surface area (TPSA) is 85.8 Å². The van der Waals surface area contributed by atoms with E-state index in [0.29, 0.717) is 16.5 Å². The maximum atomic E-state index is 13.1. The lowest BCUT2D eigenvalue weighted by molar-refractivity contribution is 0.0943. The van der Waals surface area contributed by atoms with Gasteiger partial charge in [0.15, 0.2) is 11.6 Å². The van der Waals surface area contributed by atoms with Crippen LogP contribution in [0.5, 0.6) is 0 Å². The molecule has 0 fully saturated rings. The summed E-state index contributed by atoms with van der Waals surface area (Å²) in [7, 11) is 0. The fraction of sp³-hybridized carbons (Fsp3) is 0.167. The summed E-state index contributed by atoms with van der Waals surface area (Å²) in [6, 6.07) is 11.6. The normalized spacial score (nSPS) is 12.2. The second-order valence-corrected chi connectivity index (χ2v) is 8.60. The van der Waals surface area contributed by atoms with Crippen molar-refractivity contribution in [3.05, 3.63) is 83.1 Å². The van der Waals surface area contributed by atoms with Gasteiger partial charge >= 0.3 is 0 Å². The van der Waals surface area contributed by atoms with Crippen molar-refractivity contribution in [2.24, 2.45) is 0 Å². The second-order valence-electron chi connectivity index (χ2n) is 7.60. The number of nitrogens with one attached hydrogen (secondary N) is 1. The summed E-state index contributed by atoms with van der Waals surface area (Å²) in [4.78, 5) is 27.8. The highest BCUT2D eigenvalue weighted by atomic mass is 32.1. The number of thiophene rings is 1. The van der Waals surface area contributed by atoms with Crippen molar-refractivity contribution in [2.75, 3.05) is 0 Å². The van der Waals surface area contributed by atoms with Crippen molar-refractivity contribution < 1.29 is 9.21 Å². The predicted molar refractivity (Wildman–Crippen MR) is 124 cm³/mol. The summed E-state index contributed by atoms with van der Waals surface area (Å²) in [5.41, 5.74) is 3.77. The highest BCUT2D eigenvalue weighted by Crippen LogP contribution is 2.33. The van der Waals surface area contributed by atoms with Crippen LogP contribution in [0.2, 0.25) is 0 Å². The van der Waals surface area contributed by atoms with Gasteiger partial charge in [0.25, 0.3) is 5.91 Å². The van der Waals surface area contributed by atoms with Crippen LogP contribution in [-0.4, -0.2) is 25.4 Å². The molecule has 0 saturated carbocycles. The lowest BCUT2D eigenvalue weighted by Gasteiger charge is -2.15. The van der Waals surface area contributed by atoms with Gasteiger partial charge in [-0.05, 0) is 56.2 Å². The molecule has 0 saturated heterocycles. The molecule has 1 N–H and O–H groups in total. The Hall–Kier alpha value is -3.78. The molecular weight excluding hydrogens is 422 g/mol. The molecule has 8 heteroatoms. The highest BCUT2D eigenvalue weighted by Gasteiger charge is 2.21. The third-order valence-corrected chi connectivity index (χ3v) is 6.65. The van der Waals surface area contributed by atoms with Gasteiger partial charge in [-0.3, -0.25) is 4.79 Å². The van der Waals surface area contributed by atoms with Gasteiger partial charge in [0, 0.05) is 23.5 Å². The molecule has 5 rings (SSSR count). The van der Waals surface area contributed by atoms with E-state index in [1.807, 2.05) is 61.9 Å². The Morgan fingerprint density at radius 3 is 2.66 bits per heavy atom. The Morgan fingerprint density at radius 2 is 1.97 bits per heavy atom. The minimum atomic E-state index is -0.144. The Labute approximate surface area is 188 Å². The molecule has 1 amide bonds. The van der Waals surface area contributed by atoms with E-state index in [4.69, 9.17) is 4.42 Å². The summed E-state index contributed by atoms with van der Waals surface area (Å²) < 4.78 is 7.38. The SMILES string of the molecule is Cc1nc(-c2ccco2)nc2sc(C(=O)NC(C)c3ccc(-n4ccnc4)cc3)c(C)c12. The van der Waals surface area contributed by atoms with E-state index in [-0.39, 0.29) is 11.9 Å². The molecule has 0 radical (unpaired) electrons. The van der Waals surface area contributed by atoms with Crippen LogP contribution < -0.4 is 5.32 Å². The van der Waals surface area contributed by atoms with Crippen molar-refractivity contribution in [3.8, 4) is 17.3 Å². The van der Waals surface area contributed by atoms with Gasteiger partial charge in [-0.2, -0.15) is 0 Å². The first-order chi connectivity index (χ1) is 15.5. The molecule has 0 aliphatic heterocycles. The number of carbonyl (C=O) groups is 1. The van der Waals surface area contributed by atoms with Crippen LogP contribution in [0.15, 0.2) is 65.8 Å². The van der Waals surface area contributed by atoms with Crippen LogP contribution in [0.3, 0.4) is 0 Å². The number of aryl methyl sites for hydroxylation is 2. The zero-order valence-corrected chi connectivity index (χ0v) is 18.7. The fourth-order valence-electron chi connectivity index (χ4n) is 3.76. The highest BCUT2D eigenvalue weighted by molar-refractivity contribution is 7.20. The smallest absolute Gasteiger partial charge is 0.262 e. The number of imidazole rings is 1. The monoisotopic (exact) mass is 443 g/mol. The number of hydrogen-bond donors (Lipinski definition) is 1. The maximum absolute atomic E-state index is 13.1. The first-order valence-corrected chi connectivity index (χ1v) is 11.0. The van der Waals surface area contributed by atoms with Crippen molar-refractivity contribution >= 4 is 27.5 Å². The molecule has 0 aliphatic carbocycles. The molecule has 1 unspecified atom stereocenters. The molecule has 0 bridgehead atoms. The van der Waals surface area contributed by atoms with E-state index < -0.39 is 0 Å². The van der Waals surface area contributed by atoms with Gasteiger partial charge < -0.3 is 14.3 Å².